The van der Waals surface area contributed by atoms with E-state index >= 15 is 0 Å². The number of benzene rings is 2. The van der Waals surface area contributed by atoms with Gasteiger partial charge in [0.05, 0.1) is 19.1 Å². The summed E-state index contributed by atoms with van der Waals surface area (Å²) >= 11 is 0. The van der Waals surface area contributed by atoms with Crippen LogP contribution in [0.25, 0.3) is 11.4 Å². The molecule has 1 fully saturated rings. The van der Waals surface area contributed by atoms with E-state index in [4.69, 9.17) is 14.0 Å². The van der Waals surface area contributed by atoms with E-state index in [2.05, 4.69) is 41.3 Å². The highest BCUT2D eigenvalue weighted by Crippen LogP contribution is 2.34. The van der Waals surface area contributed by atoms with Crippen molar-refractivity contribution in [2.75, 3.05) is 13.7 Å². The van der Waals surface area contributed by atoms with Crippen LogP contribution in [0, 0.1) is 0 Å². The highest BCUT2D eigenvalue weighted by atomic mass is 16.5. The van der Waals surface area contributed by atoms with E-state index in [1.54, 1.807) is 7.11 Å². The molecular formula is C25H29N3O4. The van der Waals surface area contributed by atoms with Gasteiger partial charge in [-0.2, -0.15) is 4.98 Å². The molecule has 32 heavy (non-hydrogen) atoms. The Balaban J connectivity index is 1.46. The predicted octanol–water partition coefficient (Wildman–Crippen LogP) is 4.61. The molecule has 0 bridgehead atoms. The van der Waals surface area contributed by atoms with Crippen LogP contribution < -0.4 is 9.47 Å². The van der Waals surface area contributed by atoms with Gasteiger partial charge in [-0.25, -0.2) is 0 Å². The number of carbonyl (C=O) groups is 1. The van der Waals surface area contributed by atoms with Crippen molar-refractivity contribution in [1.82, 2.24) is 15.0 Å². The molecule has 4 rings (SSSR count). The van der Waals surface area contributed by atoms with Gasteiger partial charge in [0.1, 0.15) is 0 Å². The van der Waals surface area contributed by atoms with Crippen LogP contribution in [0.2, 0.25) is 0 Å². The van der Waals surface area contributed by atoms with Crippen LogP contribution in [0.4, 0.5) is 0 Å². The number of rotatable bonds is 8. The van der Waals surface area contributed by atoms with Gasteiger partial charge in [-0.05, 0) is 49.6 Å². The summed E-state index contributed by atoms with van der Waals surface area (Å²) in [7, 11) is 1.60. The van der Waals surface area contributed by atoms with Gasteiger partial charge < -0.3 is 18.9 Å². The molecule has 0 N–H and O–H groups in total. The van der Waals surface area contributed by atoms with E-state index in [1.165, 1.54) is 5.56 Å². The quantitative estimate of drug-likeness (QED) is 0.514. The Hall–Kier alpha value is -3.35. The Labute approximate surface area is 188 Å². The highest BCUT2D eigenvalue weighted by molar-refractivity contribution is 5.79. The lowest BCUT2D eigenvalue weighted by molar-refractivity contribution is -0.128. The first-order valence-corrected chi connectivity index (χ1v) is 11.0. The molecule has 1 amide bonds. The van der Waals surface area contributed by atoms with E-state index in [9.17, 15) is 4.79 Å². The molecule has 1 atom stereocenters. The normalized spacial score (nSPS) is 16.1. The smallest absolute Gasteiger partial charge is 0.232 e. The van der Waals surface area contributed by atoms with Crippen LogP contribution >= 0.6 is 0 Å². The van der Waals surface area contributed by atoms with E-state index in [0.29, 0.717) is 42.7 Å². The second-order valence-electron chi connectivity index (χ2n) is 8.33. The van der Waals surface area contributed by atoms with Crippen molar-refractivity contribution < 1.29 is 18.8 Å². The number of carbonyl (C=O) groups excluding carboxylic acids is 1. The summed E-state index contributed by atoms with van der Waals surface area (Å²) in [5.41, 5.74) is 3.18. The van der Waals surface area contributed by atoms with Gasteiger partial charge in [0.15, 0.2) is 11.5 Å². The number of aromatic nitrogens is 2. The van der Waals surface area contributed by atoms with Crippen LogP contribution in [0.3, 0.4) is 0 Å². The topological polar surface area (TPSA) is 77.7 Å². The van der Waals surface area contributed by atoms with Crippen LogP contribution in [0.1, 0.15) is 50.1 Å². The molecule has 168 valence electrons. The number of hydrogen-bond donors (Lipinski definition) is 0. The van der Waals surface area contributed by atoms with E-state index < -0.39 is 0 Å². The van der Waals surface area contributed by atoms with E-state index in [-0.39, 0.29) is 17.9 Å². The van der Waals surface area contributed by atoms with Crippen molar-refractivity contribution in [2.45, 2.75) is 52.2 Å². The van der Waals surface area contributed by atoms with Crippen molar-refractivity contribution in [2.24, 2.45) is 0 Å². The predicted molar refractivity (Wildman–Crippen MR) is 121 cm³/mol. The molecule has 0 radical (unpaired) electrons. The standard InChI is InChI=1S/C25H29N3O4/c1-5-17-6-8-18(9-7-17)14-28-15-20(13-23(28)29)25-26-24(27-32-25)19-10-11-21(31-16(2)3)22(12-19)30-4/h6-12,16,20H,5,13-15H2,1-4H3. The van der Waals surface area contributed by atoms with Gasteiger partial charge in [0.2, 0.25) is 17.6 Å². The number of ether oxygens (including phenoxy) is 2. The average molecular weight is 436 g/mol. The number of nitrogens with zero attached hydrogens (tertiary/aromatic N) is 3. The van der Waals surface area contributed by atoms with Crippen LogP contribution in [0.5, 0.6) is 11.5 Å². The highest BCUT2D eigenvalue weighted by Gasteiger charge is 2.34. The maximum absolute atomic E-state index is 12.6. The third-order valence-electron chi connectivity index (χ3n) is 5.59. The van der Waals surface area contributed by atoms with Gasteiger partial charge in [-0.3, -0.25) is 4.79 Å². The summed E-state index contributed by atoms with van der Waals surface area (Å²) in [6.07, 6.45) is 1.42. The zero-order valence-corrected chi connectivity index (χ0v) is 19.0. The number of methoxy groups -OCH3 is 1. The molecule has 7 heteroatoms. The average Bonchev–Trinajstić information content (AvgIpc) is 3.41. The molecule has 0 spiro atoms. The molecule has 7 nitrogen and oxygen atoms in total. The molecule has 0 aliphatic carbocycles. The van der Waals surface area contributed by atoms with Crippen molar-refractivity contribution in [3.8, 4) is 22.9 Å². The maximum Gasteiger partial charge on any atom is 0.232 e. The fraction of sp³-hybridized carbons (Fsp3) is 0.400. The summed E-state index contributed by atoms with van der Waals surface area (Å²) in [4.78, 5) is 19.0. The largest absolute Gasteiger partial charge is 0.493 e. The van der Waals surface area contributed by atoms with Crippen molar-refractivity contribution >= 4 is 5.91 Å². The van der Waals surface area contributed by atoms with Gasteiger partial charge in [-0.1, -0.05) is 36.3 Å². The summed E-state index contributed by atoms with van der Waals surface area (Å²) < 4.78 is 16.8. The maximum atomic E-state index is 12.6. The second kappa shape index (κ2) is 9.42. The lowest BCUT2D eigenvalue weighted by atomic mass is 10.1. The monoisotopic (exact) mass is 435 g/mol. The van der Waals surface area contributed by atoms with Crippen LogP contribution in [-0.4, -0.2) is 40.7 Å². The SMILES string of the molecule is CCc1ccc(CN2CC(c3nc(-c4ccc(OC(C)C)c(OC)c4)no3)CC2=O)cc1. The van der Waals surface area contributed by atoms with Gasteiger partial charge in [0, 0.05) is 25.1 Å². The summed E-state index contributed by atoms with van der Waals surface area (Å²) in [6.45, 7) is 7.22. The Morgan fingerprint density at radius 2 is 1.88 bits per heavy atom. The van der Waals surface area contributed by atoms with Crippen LogP contribution in [-0.2, 0) is 17.8 Å². The third kappa shape index (κ3) is 4.77. The number of aryl methyl sites for hydroxylation is 1. The number of amides is 1. The Kier molecular flexibility index (Phi) is 6.44. The molecule has 1 aliphatic rings. The molecule has 1 saturated heterocycles. The zero-order chi connectivity index (χ0) is 22.7. The summed E-state index contributed by atoms with van der Waals surface area (Å²) in [5.74, 6) is 2.22. The minimum absolute atomic E-state index is 0.0407. The molecule has 1 aliphatic heterocycles. The Morgan fingerprint density at radius 3 is 2.56 bits per heavy atom. The Morgan fingerprint density at radius 1 is 1.12 bits per heavy atom. The first kappa shape index (κ1) is 21.9. The first-order chi connectivity index (χ1) is 15.5. The lowest BCUT2D eigenvalue weighted by Crippen LogP contribution is -2.24. The molecule has 2 aromatic carbocycles. The molecule has 2 heterocycles. The van der Waals surface area contributed by atoms with Crippen molar-refractivity contribution in [1.29, 1.82) is 0 Å². The molecule has 3 aromatic rings. The van der Waals surface area contributed by atoms with Gasteiger partial charge in [0.25, 0.3) is 0 Å². The van der Waals surface area contributed by atoms with E-state index in [1.807, 2.05) is 36.9 Å². The molecule has 0 saturated carbocycles. The fourth-order valence-corrected chi connectivity index (χ4v) is 3.87. The van der Waals surface area contributed by atoms with Gasteiger partial charge >= 0.3 is 0 Å². The van der Waals surface area contributed by atoms with Crippen LogP contribution in [0.15, 0.2) is 47.0 Å². The molecule has 1 unspecified atom stereocenters. The number of likely N-dealkylation sites (tertiary alicyclic amines) is 1. The van der Waals surface area contributed by atoms with E-state index in [0.717, 1.165) is 17.5 Å². The molecular weight excluding hydrogens is 406 g/mol. The molecule has 1 aromatic heterocycles. The third-order valence-corrected chi connectivity index (χ3v) is 5.59. The second-order valence-corrected chi connectivity index (χ2v) is 8.33. The minimum atomic E-state index is -0.107. The minimum Gasteiger partial charge on any atom is -0.493 e. The fourth-order valence-electron chi connectivity index (χ4n) is 3.87. The first-order valence-electron chi connectivity index (χ1n) is 11.0. The Bertz CT molecular complexity index is 1080. The summed E-state index contributed by atoms with van der Waals surface area (Å²) in [5, 5.41) is 4.14. The number of hydrogen-bond acceptors (Lipinski definition) is 6. The van der Waals surface area contributed by atoms with Crippen molar-refractivity contribution in [3.05, 3.63) is 59.5 Å². The zero-order valence-electron chi connectivity index (χ0n) is 19.0. The van der Waals surface area contributed by atoms with Crippen molar-refractivity contribution in [3.63, 3.8) is 0 Å². The van der Waals surface area contributed by atoms with Gasteiger partial charge in [-0.15, -0.1) is 0 Å². The lowest BCUT2D eigenvalue weighted by Gasteiger charge is -2.16. The summed E-state index contributed by atoms with van der Waals surface area (Å²) in [6, 6.07) is 14.0.